The number of carbonyl (C=O) groups is 1. The number of hydrogen-bond donors (Lipinski definition) is 3. The van der Waals surface area contributed by atoms with Crippen LogP contribution in [0.5, 0.6) is 0 Å². The second-order valence-electron chi connectivity index (χ2n) is 7.44. The molecule has 0 aromatic rings. The van der Waals surface area contributed by atoms with E-state index in [0.29, 0.717) is 5.92 Å². The van der Waals surface area contributed by atoms with Crippen molar-refractivity contribution in [3.63, 3.8) is 0 Å². The molecule has 2 fully saturated rings. The highest BCUT2D eigenvalue weighted by atomic mass is 35.5. The lowest BCUT2D eigenvalue weighted by Crippen LogP contribution is -2.61. The minimum absolute atomic E-state index is 0.0934. The number of aliphatic hydroxyl groups is 2. The molecular weight excluding hydrogens is 376 g/mol. The van der Waals surface area contributed by atoms with Crippen molar-refractivity contribution < 1.29 is 19.7 Å². The lowest BCUT2D eigenvalue weighted by atomic mass is 9.94. The lowest BCUT2D eigenvalue weighted by molar-refractivity contribution is -0.140. The topological polar surface area (TPSA) is 82.0 Å². The molecule has 2 heterocycles. The molecule has 0 aromatic heterocycles. The summed E-state index contributed by atoms with van der Waals surface area (Å²) in [5.74, 6) is 0.436. The molecule has 151 valence electrons. The molecule has 6 nitrogen and oxygen atoms in total. The van der Waals surface area contributed by atoms with Crippen molar-refractivity contribution in [3.8, 4) is 0 Å². The smallest absolute Gasteiger partial charge is 0.237 e. The Morgan fingerprint density at radius 1 is 1.50 bits per heavy atom. The number of rotatable bonds is 7. The van der Waals surface area contributed by atoms with E-state index >= 15 is 0 Å². The van der Waals surface area contributed by atoms with Crippen LogP contribution in [0.1, 0.15) is 33.1 Å². The molecule has 1 radical (unpaired) electrons. The Hall–Kier alpha value is -0.0500. The zero-order chi connectivity index (χ0) is 19.4. The minimum Gasteiger partial charge on any atom is -0.390 e. The van der Waals surface area contributed by atoms with E-state index in [9.17, 15) is 15.0 Å². The first-order valence-electron chi connectivity index (χ1n) is 9.32. The fourth-order valence-electron chi connectivity index (χ4n) is 3.93. The number of nitrogens with zero attached hydrogens (tertiary/aromatic N) is 1. The third-order valence-electron chi connectivity index (χ3n) is 5.36. The highest BCUT2D eigenvalue weighted by Gasteiger charge is 2.44. The van der Waals surface area contributed by atoms with Gasteiger partial charge in [-0.25, -0.2) is 0 Å². The van der Waals surface area contributed by atoms with Gasteiger partial charge in [0.2, 0.25) is 5.91 Å². The van der Waals surface area contributed by atoms with E-state index < -0.39 is 29.7 Å². The van der Waals surface area contributed by atoms with Gasteiger partial charge in [-0.3, -0.25) is 9.69 Å². The maximum Gasteiger partial charge on any atom is 0.237 e. The predicted molar refractivity (Wildman–Crippen MR) is 105 cm³/mol. The monoisotopic (exact) mass is 407 g/mol. The van der Waals surface area contributed by atoms with Crippen LogP contribution in [0.25, 0.3) is 0 Å². The Balaban J connectivity index is 2.06. The third kappa shape index (κ3) is 5.26. The molecule has 0 saturated carbocycles. The van der Waals surface area contributed by atoms with Crippen LogP contribution in [0, 0.1) is 12.3 Å². The van der Waals surface area contributed by atoms with Gasteiger partial charge >= 0.3 is 0 Å². The van der Waals surface area contributed by atoms with E-state index in [1.54, 1.807) is 13.3 Å². The van der Waals surface area contributed by atoms with E-state index in [0.717, 1.165) is 25.8 Å². The summed E-state index contributed by atoms with van der Waals surface area (Å²) in [6.07, 6.45) is 3.58. The quantitative estimate of drug-likeness (QED) is 0.551. The van der Waals surface area contributed by atoms with Gasteiger partial charge in [0.25, 0.3) is 0 Å². The van der Waals surface area contributed by atoms with Crippen molar-refractivity contribution in [2.75, 3.05) is 19.8 Å². The average molecular weight is 408 g/mol. The zero-order valence-corrected chi connectivity index (χ0v) is 17.5. The van der Waals surface area contributed by atoms with Crippen LogP contribution in [0.3, 0.4) is 0 Å². The molecule has 8 atom stereocenters. The van der Waals surface area contributed by atoms with Crippen molar-refractivity contribution >= 4 is 29.3 Å². The highest BCUT2D eigenvalue weighted by Crippen LogP contribution is 2.30. The fraction of sp³-hybridized carbons (Fsp3) is 0.889. The number of thioether (sulfide) groups is 1. The summed E-state index contributed by atoms with van der Waals surface area (Å²) in [5, 5.41) is 23.0. The Bertz CT molecular complexity index is 470. The second-order valence-corrected chi connectivity index (χ2v) is 9.06. The maximum absolute atomic E-state index is 12.9. The zero-order valence-electron chi connectivity index (χ0n) is 16.0. The van der Waals surface area contributed by atoms with Crippen LogP contribution in [0.4, 0.5) is 0 Å². The molecular formula is C18H32ClN2O4S. The highest BCUT2D eigenvalue weighted by molar-refractivity contribution is 7.99. The first kappa shape index (κ1) is 22.2. The molecule has 3 N–H and O–H groups in total. The normalized spacial score (nSPS) is 38.1. The van der Waals surface area contributed by atoms with Crippen molar-refractivity contribution in [3.05, 3.63) is 6.42 Å². The van der Waals surface area contributed by atoms with Crippen molar-refractivity contribution in [2.45, 2.75) is 74.3 Å². The SMILES string of the molecule is CCCC1CC(C(=O)NC(C(C)Cl)C2O[C@H](SC)[CH]C(O)C2O)N(C)C1. The van der Waals surface area contributed by atoms with Gasteiger partial charge in [-0.1, -0.05) is 13.3 Å². The van der Waals surface area contributed by atoms with Gasteiger partial charge < -0.3 is 20.3 Å². The van der Waals surface area contributed by atoms with Crippen molar-refractivity contribution in [1.82, 2.24) is 10.2 Å². The van der Waals surface area contributed by atoms with Gasteiger partial charge in [-0.05, 0) is 39.0 Å². The number of alkyl halides is 1. The van der Waals surface area contributed by atoms with E-state index in [4.69, 9.17) is 16.3 Å². The van der Waals surface area contributed by atoms with Crippen LogP contribution >= 0.6 is 23.4 Å². The summed E-state index contributed by atoms with van der Waals surface area (Å²) in [4.78, 5) is 15.0. The number of likely N-dealkylation sites (tertiary alicyclic amines) is 1. The number of halogens is 1. The third-order valence-corrected chi connectivity index (χ3v) is 6.36. The van der Waals surface area contributed by atoms with Crippen molar-refractivity contribution in [2.24, 2.45) is 5.92 Å². The summed E-state index contributed by atoms with van der Waals surface area (Å²) in [6, 6.07) is -0.783. The molecule has 2 saturated heterocycles. The van der Waals surface area contributed by atoms with Gasteiger partial charge in [0.05, 0.1) is 23.6 Å². The number of carbonyl (C=O) groups excluding carboxylic acids is 1. The molecule has 8 heteroatoms. The second kappa shape index (κ2) is 9.94. The minimum atomic E-state index is -1.13. The Kier molecular flexibility index (Phi) is 8.50. The van der Waals surface area contributed by atoms with E-state index in [1.165, 1.54) is 11.8 Å². The van der Waals surface area contributed by atoms with Gasteiger partial charge in [0, 0.05) is 13.0 Å². The van der Waals surface area contributed by atoms with Crippen LogP contribution in [0.15, 0.2) is 0 Å². The summed E-state index contributed by atoms with van der Waals surface area (Å²) >= 11 is 7.75. The van der Waals surface area contributed by atoms with Crippen LogP contribution in [0.2, 0.25) is 0 Å². The molecule has 2 rings (SSSR count). The van der Waals surface area contributed by atoms with E-state index in [2.05, 4.69) is 17.1 Å². The molecule has 0 spiro atoms. The summed E-state index contributed by atoms with van der Waals surface area (Å²) < 4.78 is 5.88. The predicted octanol–water partition coefficient (Wildman–Crippen LogP) is 1.23. The molecule has 2 aliphatic rings. The van der Waals surface area contributed by atoms with Gasteiger partial charge in [-0.15, -0.1) is 23.4 Å². The van der Waals surface area contributed by atoms with Crippen LogP contribution < -0.4 is 5.32 Å². The molecule has 1 amide bonds. The van der Waals surface area contributed by atoms with Gasteiger partial charge in [0.1, 0.15) is 17.6 Å². The number of nitrogens with one attached hydrogen (secondary N) is 1. The standard InChI is InChI=1S/C18H32ClN2O4S/c1-5-6-11-7-12(21(3)9-11)18(24)20-15(10(2)19)17-16(23)13(22)8-14(25-17)26-4/h8,10-17,22-23H,5-7,9H2,1-4H3,(H,20,24)/t10?,11?,12?,13?,14-,15?,16?,17?/m1/s1. The Morgan fingerprint density at radius 3 is 2.77 bits per heavy atom. The average Bonchev–Trinajstić information content (AvgIpc) is 2.95. The summed E-state index contributed by atoms with van der Waals surface area (Å²) in [5.41, 5.74) is -0.351. The van der Waals surface area contributed by atoms with Gasteiger partial charge in [0.15, 0.2) is 0 Å². The number of hydrogen-bond acceptors (Lipinski definition) is 6. The molecule has 0 bridgehead atoms. The Morgan fingerprint density at radius 2 is 2.19 bits per heavy atom. The molecule has 0 aliphatic carbocycles. The number of amides is 1. The molecule has 26 heavy (non-hydrogen) atoms. The summed E-state index contributed by atoms with van der Waals surface area (Å²) in [6.45, 7) is 4.84. The first-order chi connectivity index (χ1) is 12.3. The Labute approximate surface area is 166 Å². The van der Waals surface area contributed by atoms with E-state index in [-0.39, 0.29) is 17.4 Å². The summed E-state index contributed by atoms with van der Waals surface area (Å²) in [7, 11) is 1.97. The fourth-order valence-corrected chi connectivity index (χ4v) is 4.69. The molecule has 7 unspecified atom stereocenters. The van der Waals surface area contributed by atoms with Crippen LogP contribution in [-0.2, 0) is 9.53 Å². The largest absolute Gasteiger partial charge is 0.390 e. The van der Waals surface area contributed by atoms with E-state index in [1.807, 2.05) is 13.3 Å². The van der Waals surface area contributed by atoms with Gasteiger partial charge in [-0.2, -0.15) is 0 Å². The maximum atomic E-state index is 12.9. The lowest BCUT2D eigenvalue weighted by Gasteiger charge is -2.41. The number of ether oxygens (including phenoxy) is 1. The van der Waals surface area contributed by atoms with Crippen molar-refractivity contribution in [1.29, 1.82) is 0 Å². The first-order valence-corrected chi connectivity index (χ1v) is 11.0. The number of aliphatic hydroxyl groups excluding tert-OH is 2. The van der Waals surface area contributed by atoms with Crippen LogP contribution in [-0.4, -0.2) is 82.1 Å². The number of likely N-dealkylation sites (N-methyl/N-ethyl adjacent to an activating group) is 1. The molecule has 2 aliphatic heterocycles. The molecule has 0 aromatic carbocycles.